The van der Waals surface area contributed by atoms with Gasteiger partial charge in [0.2, 0.25) is 0 Å². The molecular formula is C46H35NO. The number of aromatic nitrogens is 1. The number of allylic oxidation sites excluding steroid dienone is 4. The third kappa shape index (κ3) is 3.69. The van der Waals surface area contributed by atoms with E-state index in [9.17, 15) is 0 Å². The monoisotopic (exact) mass is 617 g/mol. The van der Waals surface area contributed by atoms with E-state index in [1.54, 1.807) is 0 Å². The highest BCUT2D eigenvalue weighted by molar-refractivity contribution is 6.15. The number of hydrogen-bond acceptors (Lipinski definition) is 1. The maximum atomic E-state index is 6.48. The molecule has 0 saturated heterocycles. The second kappa shape index (κ2) is 10.5. The van der Waals surface area contributed by atoms with Crippen LogP contribution >= 0.6 is 0 Å². The smallest absolute Gasteiger partial charge is 0.138 e. The molecule has 48 heavy (non-hydrogen) atoms. The third-order valence-corrected chi connectivity index (χ3v) is 11.2. The average molecular weight is 618 g/mol. The van der Waals surface area contributed by atoms with E-state index in [-0.39, 0.29) is 11.3 Å². The summed E-state index contributed by atoms with van der Waals surface area (Å²) in [4.78, 5) is 0. The van der Waals surface area contributed by atoms with Crippen molar-refractivity contribution in [3.8, 4) is 11.1 Å². The number of para-hydroxylation sites is 3. The molecule has 0 N–H and O–H groups in total. The Kier molecular flexibility index (Phi) is 5.99. The van der Waals surface area contributed by atoms with Crippen molar-refractivity contribution in [2.75, 3.05) is 0 Å². The Labute approximate surface area is 280 Å². The highest BCUT2D eigenvalue weighted by Crippen LogP contribution is 2.60. The van der Waals surface area contributed by atoms with Crippen molar-refractivity contribution in [1.29, 1.82) is 0 Å². The van der Waals surface area contributed by atoms with Crippen LogP contribution in [0, 0.1) is 11.8 Å². The van der Waals surface area contributed by atoms with Crippen LogP contribution in [-0.4, -0.2) is 4.57 Å². The fourth-order valence-corrected chi connectivity index (χ4v) is 9.22. The van der Waals surface area contributed by atoms with Gasteiger partial charge >= 0.3 is 0 Å². The second-order valence-corrected chi connectivity index (χ2v) is 13.6. The van der Waals surface area contributed by atoms with Crippen molar-refractivity contribution < 1.29 is 4.42 Å². The van der Waals surface area contributed by atoms with Crippen molar-refractivity contribution in [2.45, 2.75) is 25.3 Å². The molecule has 0 saturated carbocycles. The number of aryl methyl sites for hydroxylation is 2. The van der Waals surface area contributed by atoms with Crippen LogP contribution in [0.1, 0.15) is 29.2 Å². The number of fused-ring (bicyclic) bond motifs is 10. The summed E-state index contributed by atoms with van der Waals surface area (Å²) >= 11 is 0. The van der Waals surface area contributed by atoms with Crippen LogP contribution in [0.3, 0.4) is 0 Å². The fourth-order valence-electron chi connectivity index (χ4n) is 9.22. The molecule has 230 valence electrons. The third-order valence-electron chi connectivity index (χ3n) is 11.2. The lowest BCUT2D eigenvalue weighted by Crippen LogP contribution is -2.38. The van der Waals surface area contributed by atoms with E-state index in [1.807, 2.05) is 0 Å². The molecule has 2 nitrogen and oxygen atoms in total. The Hall–Kier alpha value is -5.60. The van der Waals surface area contributed by atoms with Gasteiger partial charge in [-0.15, -0.1) is 0 Å². The summed E-state index contributed by atoms with van der Waals surface area (Å²) in [5.74, 6) is 0.647. The van der Waals surface area contributed by atoms with Crippen LogP contribution in [0.2, 0.25) is 0 Å². The number of furan rings is 1. The Morgan fingerprint density at radius 2 is 1.38 bits per heavy atom. The molecule has 3 atom stereocenters. The molecule has 2 aliphatic carbocycles. The lowest BCUT2D eigenvalue weighted by atomic mass is 9.60. The molecule has 10 rings (SSSR count). The minimum atomic E-state index is -0.316. The summed E-state index contributed by atoms with van der Waals surface area (Å²) < 4.78 is 9.08. The lowest BCUT2D eigenvalue weighted by Gasteiger charge is -2.42. The van der Waals surface area contributed by atoms with Gasteiger partial charge in [0.1, 0.15) is 11.2 Å². The Morgan fingerprint density at radius 1 is 0.625 bits per heavy atom. The normalized spacial score (nSPS) is 19.9. The predicted molar refractivity (Wildman–Crippen MR) is 200 cm³/mol. The van der Waals surface area contributed by atoms with Gasteiger partial charge in [-0.2, -0.15) is 0 Å². The van der Waals surface area contributed by atoms with Gasteiger partial charge in [0.25, 0.3) is 0 Å². The number of benzene rings is 6. The molecule has 0 spiro atoms. The van der Waals surface area contributed by atoms with Crippen molar-refractivity contribution in [3.63, 3.8) is 0 Å². The molecule has 3 unspecified atom stereocenters. The van der Waals surface area contributed by atoms with Gasteiger partial charge in [0.05, 0.1) is 10.9 Å². The lowest BCUT2D eigenvalue weighted by molar-refractivity contribution is 0.374. The van der Waals surface area contributed by atoms with E-state index in [1.165, 1.54) is 66.0 Å². The van der Waals surface area contributed by atoms with Gasteiger partial charge in [-0.05, 0) is 52.3 Å². The molecular weight excluding hydrogens is 583 g/mol. The van der Waals surface area contributed by atoms with E-state index >= 15 is 0 Å². The predicted octanol–water partition coefficient (Wildman–Crippen LogP) is 11.6. The van der Waals surface area contributed by atoms with E-state index in [2.05, 4.69) is 169 Å². The molecule has 0 radical (unpaired) electrons. The molecule has 0 amide bonds. The second-order valence-electron chi connectivity index (χ2n) is 13.6. The van der Waals surface area contributed by atoms with Crippen LogP contribution in [0.4, 0.5) is 0 Å². The summed E-state index contributed by atoms with van der Waals surface area (Å²) in [7, 11) is 0. The summed E-state index contributed by atoms with van der Waals surface area (Å²) in [5.41, 5.74) is 12.4. The minimum Gasteiger partial charge on any atom is -0.456 e. The van der Waals surface area contributed by atoms with Gasteiger partial charge in [-0.25, -0.2) is 0 Å². The average Bonchev–Trinajstić information content (AvgIpc) is 3.78. The molecule has 6 aromatic carbocycles. The van der Waals surface area contributed by atoms with Crippen LogP contribution in [0.5, 0.6) is 0 Å². The van der Waals surface area contributed by atoms with E-state index in [4.69, 9.17) is 4.42 Å². The molecule has 2 aromatic heterocycles. The molecule has 2 heteroatoms. The van der Waals surface area contributed by atoms with E-state index in [0.717, 1.165) is 24.1 Å². The first-order valence-corrected chi connectivity index (χ1v) is 17.2. The van der Waals surface area contributed by atoms with Crippen molar-refractivity contribution >= 4 is 43.7 Å². The van der Waals surface area contributed by atoms with Gasteiger partial charge in [0.15, 0.2) is 0 Å². The highest BCUT2D eigenvalue weighted by Gasteiger charge is 2.51. The van der Waals surface area contributed by atoms with Crippen molar-refractivity contribution in [3.05, 3.63) is 180 Å². The maximum Gasteiger partial charge on any atom is 0.138 e. The fraction of sp³-hybridized carbons (Fsp3) is 0.130. The van der Waals surface area contributed by atoms with E-state index in [0.29, 0.717) is 5.92 Å². The quantitative estimate of drug-likeness (QED) is 0.188. The molecule has 0 bridgehead atoms. The summed E-state index contributed by atoms with van der Waals surface area (Å²) in [6.45, 7) is 3.23. The molecule has 8 aromatic rings. The standard InChI is InChI=1S/C46H35NO/c1-30-14-5-9-22-38(30)46(32-16-3-2-4-17-32)39-23-10-6-20-37(39)43-40(46)27-26-35-33-18-7-11-24-41(33)47(44(35)43)29-28-31-15-13-21-36-34-19-8-12-25-42(34)48-45(31)36/h2-27,30,38H,28-29H2,1H3. The first kappa shape index (κ1) is 27.5. The Balaban J connectivity index is 1.24. The molecule has 0 aliphatic heterocycles. The first-order chi connectivity index (χ1) is 23.7. The topological polar surface area (TPSA) is 18.1 Å². The van der Waals surface area contributed by atoms with Gasteiger partial charge in [0, 0.05) is 45.1 Å². The number of hydrogen-bond donors (Lipinski definition) is 0. The van der Waals surface area contributed by atoms with Crippen LogP contribution in [0.15, 0.2) is 162 Å². The van der Waals surface area contributed by atoms with Gasteiger partial charge < -0.3 is 8.98 Å². The summed E-state index contributed by atoms with van der Waals surface area (Å²) in [5, 5.41) is 4.99. The number of nitrogens with zero attached hydrogens (tertiary/aromatic N) is 1. The summed E-state index contributed by atoms with van der Waals surface area (Å²) in [6, 6.07) is 49.3. The minimum absolute atomic E-state index is 0.272. The molecule has 2 heterocycles. The Morgan fingerprint density at radius 3 is 2.27 bits per heavy atom. The van der Waals surface area contributed by atoms with Gasteiger partial charge in [-0.1, -0.05) is 153 Å². The van der Waals surface area contributed by atoms with Gasteiger partial charge in [-0.3, -0.25) is 0 Å². The molecule has 2 aliphatic rings. The van der Waals surface area contributed by atoms with Crippen LogP contribution in [-0.2, 0) is 18.4 Å². The maximum absolute atomic E-state index is 6.48. The molecule has 0 fully saturated rings. The SMILES string of the molecule is CC1C=CC=CC1C1(c2ccccc2)c2ccccc2-c2c1ccc1c3ccccc3n(CCc3cccc4c3oc3ccccc34)c21. The highest BCUT2D eigenvalue weighted by atomic mass is 16.3. The zero-order valence-corrected chi connectivity index (χ0v) is 26.9. The zero-order valence-electron chi connectivity index (χ0n) is 26.9. The number of rotatable bonds is 5. The first-order valence-electron chi connectivity index (χ1n) is 17.2. The van der Waals surface area contributed by atoms with Crippen molar-refractivity contribution in [2.24, 2.45) is 11.8 Å². The van der Waals surface area contributed by atoms with Crippen LogP contribution in [0.25, 0.3) is 54.9 Å². The van der Waals surface area contributed by atoms with Crippen molar-refractivity contribution in [1.82, 2.24) is 4.57 Å². The summed E-state index contributed by atoms with van der Waals surface area (Å²) in [6.07, 6.45) is 10.2. The largest absolute Gasteiger partial charge is 0.456 e. The van der Waals surface area contributed by atoms with Crippen LogP contribution < -0.4 is 0 Å². The Bertz CT molecular complexity index is 2600. The zero-order chi connectivity index (χ0) is 31.8. The van der Waals surface area contributed by atoms with E-state index < -0.39 is 0 Å².